The molecular weight excluding hydrogens is 733 g/mol. The van der Waals surface area contributed by atoms with E-state index in [1.165, 1.54) is 32.3 Å². The van der Waals surface area contributed by atoms with Gasteiger partial charge in [-0.3, -0.25) is 0 Å². The van der Waals surface area contributed by atoms with Gasteiger partial charge in [-0.15, -0.1) is 0 Å². The highest BCUT2D eigenvalue weighted by Gasteiger charge is 2.22. The Labute approximate surface area is 343 Å². The van der Waals surface area contributed by atoms with Crippen LogP contribution in [0.3, 0.4) is 0 Å². The van der Waals surface area contributed by atoms with Gasteiger partial charge >= 0.3 is 0 Å². The lowest BCUT2D eigenvalue weighted by Gasteiger charge is -2.12. The zero-order valence-corrected chi connectivity index (χ0v) is 32.2. The largest absolute Gasteiger partial charge is 0.455 e. The van der Waals surface area contributed by atoms with Crippen molar-refractivity contribution in [2.24, 2.45) is 0 Å². The fraction of sp³-hybridized carbons (Fsp3) is 0. The summed E-state index contributed by atoms with van der Waals surface area (Å²) in [6, 6.07) is 68.6. The van der Waals surface area contributed by atoms with Gasteiger partial charge in [-0.05, 0) is 80.2 Å². The van der Waals surface area contributed by atoms with Crippen molar-refractivity contribution in [2.45, 2.75) is 0 Å². The van der Waals surface area contributed by atoms with Crippen LogP contribution in [-0.2, 0) is 0 Å². The van der Waals surface area contributed by atoms with Crippen molar-refractivity contribution >= 4 is 86.8 Å². The highest BCUT2D eigenvalue weighted by atomic mass is 16.3. The van der Waals surface area contributed by atoms with Crippen LogP contribution in [0.5, 0.6) is 0 Å². The van der Waals surface area contributed by atoms with Crippen LogP contribution in [0.25, 0.3) is 127 Å². The Morgan fingerprint density at radius 2 is 0.900 bits per heavy atom. The molecule has 0 saturated carbocycles. The molecule has 3 heterocycles. The molecule has 0 aliphatic carbocycles. The molecule has 0 aliphatic heterocycles. The van der Waals surface area contributed by atoms with Crippen LogP contribution in [0.15, 0.2) is 199 Å². The maximum Gasteiger partial charge on any atom is 0.164 e. The Hall–Kier alpha value is -8.15. The van der Waals surface area contributed by atoms with Gasteiger partial charge in [0.1, 0.15) is 11.2 Å². The molecule has 0 atom stereocenters. The molecular formula is C55H32N4O. The summed E-state index contributed by atoms with van der Waals surface area (Å²) >= 11 is 0. The van der Waals surface area contributed by atoms with Crippen LogP contribution in [0.1, 0.15) is 0 Å². The Morgan fingerprint density at radius 3 is 1.60 bits per heavy atom. The van der Waals surface area contributed by atoms with E-state index >= 15 is 0 Å². The molecule has 0 aliphatic rings. The van der Waals surface area contributed by atoms with Crippen LogP contribution in [-0.4, -0.2) is 19.5 Å². The number of nitrogens with zero attached hydrogens (tertiary/aromatic N) is 4. The van der Waals surface area contributed by atoms with Gasteiger partial charge in [0.2, 0.25) is 0 Å². The summed E-state index contributed by atoms with van der Waals surface area (Å²) in [4.78, 5) is 15.7. The molecule has 0 bridgehead atoms. The minimum Gasteiger partial charge on any atom is -0.455 e. The van der Waals surface area contributed by atoms with Crippen molar-refractivity contribution in [2.75, 3.05) is 0 Å². The second-order valence-electron chi connectivity index (χ2n) is 15.6. The van der Waals surface area contributed by atoms with E-state index in [4.69, 9.17) is 19.4 Å². The molecule has 10 aromatic carbocycles. The van der Waals surface area contributed by atoms with E-state index in [2.05, 4.69) is 180 Å². The molecule has 0 fully saturated rings. The number of hydrogen-bond donors (Lipinski definition) is 0. The average Bonchev–Trinajstić information content (AvgIpc) is 3.84. The van der Waals surface area contributed by atoms with E-state index in [1.807, 2.05) is 18.2 Å². The first-order valence-corrected chi connectivity index (χ1v) is 20.3. The third-order valence-electron chi connectivity index (χ3n) is 12.1. The molecule has 13 aromatic rings. The molecule has 3 aromatic heterocycles. The lowest BCUT2D eigenvalue weighted by atomic mass is 9.99. The van der Waals surface area contributed by atoms with Gasteiger partial charge in [0.05, 0.1) is 11.0 Å². The average molecular weight is 765 g/mol. The van der Waals surface area contributed by atoms with Crippen molar-refractivity contribution in [1.82, 2.24) is 19.5 Å². The van der Waals surface area contributed by atoms with E-state index in [1.54, 1.807) is 0 Å². The van der Waals surface area contributed by atoms with Crippen LogP contribution in [0, 0.1) is 0 Å². The lowest BCUT2D eigenvalue weighted by Crippen LogP contribution is -2.01. The smallest absolute Gasteiger partial charge is 0.164 e. The second-order valence-corrected chi connectivity index (χ2v) is 15.6. The maximum absolute atomic E-state index is 7.03. The fourth-order valence-electron chi connectivity index (χ4n) is 9.33. The van der Waals surface area contributed by atoms with Crippen molar-refractivity contribution in [3.63, 3.8) is 0 Å². The normalized spacial score (nSPS) is 12.0. The van der Waals surface area contributed by atoms with Crippen LogP contribution in [0.2, 0.25) is 0 Å². The second kappa shape index (κ2) is 12.7. The van der Waals surface area contributed by atoms with Crippen molar-refractivity contribution in [3.05, 3.63) is 194 Å². The molecule has 60 heavy (non-hydrogen) atoms. The monoisotopic (exact) mass is 764 g/mol. The molecule has 13 rings (SSSR count). The highest BCUT2D eigenvalue weighted by Crippen LogP contribution is 2.43. The molecule has 0 radical (unpaired) electrons. The molecule has 0 N–H and O–H groups in total. The molecule has 0 unspecified atom stereocenters. The van der Waals surface area contributed by atoms with Crippen molar-refractivity contribution < 1.29 is 4.42 Å². The predicted molar refractivity (Wildman–Crippen MR) is 248 cm³/mol. The van der Waals surface area contributed by atoms with E-state index in [0.29, 0.717) is 17.5 Å². The standard InChI is InChI=1S/C55H32N4O/c1-2-14-34(15-3-1)53-56-54(43-24-12-21-33-13-8-10-22-41(33)43)58-55(57-53)47-29-39-20-9-11-23-42(39)52-51(47)44-26-25-40(32-50(44)60-52)59-48-30-37-18-6-4-16-35(37)27-45(48)46-28-36-17-5-7-19-38(36)31-49(46)59/h1-32H. The molecule has 0 amide bonds. The molecule has 0 saturated heterocycles. The predicted octanol–water partition coefficient (Wildman–Crippen LogP) is 14.5. The minimum absolute atomic E-state index is 0.593. The topological polar surface area (TPSA) is 56.7 Å². The third-order valence-corrected chi connectivity index (χ3v) is 12.1. The Morgan fingerprint density at radius 1 is 0.350 bits per heavy atom. The summed E-state index contributed by atoms with van der Waals surface area (Å²) < 4.78 is 9.43. The third kappa shape index (κ3) is 4.96. The van der Waals surface area contributed by atoms with Gasteiger partial charge < -0.3 is 8.98 Å². The minimum atomic E-state index is 0.593. The number of rotatable bonds is 4. The molecule has 278 valence electrons. The first-order valence-electron chi connectivity index (χ1n) is 20.3. The first kappa shape index (κ1) is 32.9. The summed E-state index contributed by atoms with van der Waals surface area (Å²) in [6.45, 7) is 0. The zero-order valence-electron chi connectivity index (χ0n) is 32.2. The number of hydrogen-bond acceptors (Lipinski definition) is 4. The molecule has 5 nitrogen and oxygen atoms in total. The lowest BCUT2D eigenvalue weighted by molar-refractivity contribution is 0.672. The van der Waals surface area contributed by atoms with E-state index in [0.717, 1.165) is 76.9 Å². The Kier molecular flexibility index (Phi) is 6.95. The Bertz CT molecular complexity index is 3800. The van der Waals surface area contributed by atoms with Gasteiger partial charge in [-0.1, -0.05) is 146 Å². The van der Waals surface area contributed by atoms with Gasteiger partial charge in [0.15, 0.2) is 17.5 Å². The van der Waals surface area contributed by atoms with E-state index in [9.17, 15) is 0 Å². The summed E-state index contributed by atoms with van der Waals surface area (Å²) in [6.07, 6.45) is 0. The van der Waals surface area contributed by atoms with E-state index < -0.39 is 0 Å². The zero-order chi connectivity index (χ0) is 39.3. The summed E-state index contributed by atoms with van der Waals surface area (Å²) in [5, 5.41) is 13.6. The maximum atomic E-state index is 7.03. The van der Waals surface area contributed by atoms with Crippen LogP contribution >= 0.6 is 0 Å². The number of furan rings is 1. The van der Waals surface area contributed by atoms with Gasteiger partial charge in [-0.2, -0.15) is 0 Å². The quantitative estimate of drug-likeness (QED) is 0.179. The highest BCUT2D eigenvalue weighted by molar-refractivity contribution is 6.21. The number of benzene rings is 10. The number of aromatic nitrogens is 4. The van der Waals surface area contributed by atoms with Crippen molar-refractivity contribution in [1.29, 1.82) is 0 Å². The van der Waals surface area contributed by atoms with E-state index in [-0.39, 0.29) is 0 Å². The van der Waals surface area contributed by atoms with Gasteiger partial charge in [-0.25, -0.2) is 15.0 Å². The van der Waals surface area contributed by atoms with Gasteiger partial charge in [0.25, 0.3) is 0 Å². The first-order chi connectivity index (χ1) is 29.7. The van der Waals surface area contributed by atoms with Crippen molar-refractivity contribution in [3.8, 4) is 39.9 Å². The summed E-state index contributed by atoms with van der Waals surface area (Å²) in [5.74, 6) is 1.83. The SMILES string of the molecule is c1ccc(-c2nc(-c3cccc4ccccc34)nc(-c3cc4ccccc4c4oc5cc(-n6c7cc8ccccc8cc7c7cc8ccccc8cc76)ccc5c34)n2)cc1. The van der Waals surface area contributed by atoms with Gasteiger partial charge in [0, 0.05) is 55.4 Å². The van der Waals surface area contributed by atoms with Crippen LogP contribution in [0.4, 0.5) is 0 Å². The fourth-order valence-corrected chi connectivity index (χ4v) is 9.33. The number of fused-ring (bicyclic) bond motifs is 11. The summed E-state index contributed by atoms with van der Waals surface area (Å²) in [7, 11) is 0. The van der Waals surface area contributed by atoms with Crippen LogP contribution < -0.4 is 0 Å². The summed E-state index contributed by atoms with van der Waals surface area (Å²) in [5.41, 5.74) is 7.72. The Balaban J connectivity index is 1.09. The molecule has 5 heteroatoms. The molecule has 0 spiro atoms.